The quantitative estimate of drug-likeness (QED) is 0.854. The van der Waals surface area contributed by atoms with Gasteiger partial charge in [0, 0.05) is 17.8 Å². The SMILES string of the molecule is CCCOc1cc(OC)ccc1C(=O)NC1CCc2[nH]ncc2C1. The summed E-state index contributed by atoms with van der Waals surface area (Å²) in [6, 6.07) is 5.41. The fourth-order valence-electron chi connectivity index (χ4n) is 2.95. The summed E-state index contributed by atoms with van der Waals surface area (Å²) >= 11 is 0. The first-order valence-corrected chi connectivity index (χ1v) is 8.34. The molecule has 1 amide bonds. The third kappa shape index (κ3) is 3.53. The molecule has 0 fully saturated rings. The highest BCUT2D eigenvalue weighted by atomic mass is 16.5. The minimum Gasteiger partial charge on any atom is -0.497 e. The molecule has 1 aliphatic carbocycles. The van der Waals surface area contributed by atoms with Crippen molar-refractivity contribution in [2.75, 3.05) is 13.7 Å². The van der Waals surface area contributed by atoms with E-state index in [-0.39, 0.29) is 11.9 Å². The van der Waals surface area contributed by atoms with E-state index in [1.165, 1.54) is 11.3 Å². The van der Waals surface area contributed by atoms with Crippen LogP contribution in [0, 0.1) is 0 Å². The zero-order chi connectivity index (χ0) is 16.9. The number of carbonyl (C=O) groups excluding carboxylic acids is 1. The number of aromatic nitrogens is 2. The van der Waals surface area contributed by atoms with Crippen LogP contribution in [0.3, 0.4) is 0 Å². The summed E-state index contributed by atoms with van der Waals surface area (Å²) in [5.41, 5.74) is 2.91. The van der Waals surface area contributed by atoms with E-state index >= 15 is 0 Å². The van der Waals surface area contributed by atoms with E-state index < -0.39 is 0 Å². The van der Waals surface area contributed by atoms with Gasteiger partial charge in [-0.05, 0) is 43.4 Å². The average Bonchev–Trinajstić information content (AvgIpc) is 3.07. The Morgan fingerprint density at radius 2 is 2.33 bits per heavy atom. The van der Waals surface area contributed by atoms with Crippen LogP contribution in [0.2, 0.25) is 0 Å². The number of nitrogens with zero attached hydrogens (tertiary/aromatic N) is 1. The Bertz CT molecular complexity index is 711. The molecule has 2 N–H and O–H groups in total. The van der Waals surface area contributed by atoms with Crippen LogP contribution in [-0.2, 0) is 12.8 Å². The molecule has 0 saturated carbocycles. The maximum atomic E-state index is 12.7. The number of fused-ring (bicyclic) bond motifs is 1. The minimum atomic E-state index is -0.110. The lowest BCUT2D eigenvalue weighted by Crippen LogP contribution is -2.38. The van der Waals surface area contributed by atoms with Crippen LogP contribution < -0.4 is 14.8 Å². The van der Waals surface area contributed by atoms with E-state index in [9.17, 15) is 4.79 Å². The number of nitrogens with one attached hydrogen (secondary N) is 2. The first-order chi connectivity index (χ1) is 11.7. The second-order valence-electron chi connectivity index (χ2n) is 6.00. The van der Waals surface area contributed by atoms with Gasteiger partial charge in [-0.3, -0.25) is 9.89 Å². The number of hydrogen-bond acceptors (Lipinski definition) is 4. The van der Waals surface area contributed by atoms with E-state index in [2.05, 4.69) is 15.5 Å². The van der Waals surface area contributed by atoms with Crippen molar-refractivity contribution in [2.24, 2.45) is 0 Å². The number of methoxy groups -OCH3 is 1. The highest BCUT2D eigenvalue weighted by Crippen LogP contribution is 2.26. The molecule has 1 aromatic heterocycles. The molecule has 24 heavy (non-hydrogen) atoms. The van der Waals surface area contributed by atoms with E-state index in [1.54, 1.807) is 25.3 Å². The van der Waals surface area contributed by atoms with Crippen LogP contribution in [0.25, 0.3) is 0 Å². The van der Waals surface area contributed by atoms with Crippen LogP contribution in [0.15, 0.2) is 24.4 Å². The lowest BCUT2D eigenvalue weighted by Gasteiger charge is -2.23. The Morgan fingerprint density at radius 1 is 1.46 bits per heavy atom. The summed E-state index contributed by atoms with van der Waals surface area (Å²) in [6.07, 6.45) is 5.34. The number of ether oxygens (including phenoxy) is 2. The summed E-state index contributed by atoms with van der Waals surface area (Å²) in [5.74, 6) is 1.13. The summed E-state index contributed by atoms with van der Waals surface area (Å²) in [7, 11) is 1.60. The molecule has 6 nitrogen and oxygen atoms in total. The van der Waals surface area contributed by atoms with E-state index in [0.29, 0.717) is 23.7 Å². The third-order valence-electron chi connectivity index (χ3n) is 4.25. The highest BCUT2D eigenvalue weighted by Gasteiger charge is 2.23. The van der Waals surface area contributed by atoms with E-state index in [1.807, 2.05) is 13.1 Å². The average molecular weight is 329 g/mol. The summed E-state index contributed by atoms with van der Waals surface area (Å²) < 4.78 is 11.0. The summed E-state index contributed by atoms with van der Waals surface area (Å²) in [6.45, 7) is 2.60. The predicted molar refractivity (Wildman–Crippen MR) is 90.6 cm³/mol. The lowest BCUT2D eigenvalue weighted by atomic mass is 9.93. The number of aryl methyl sites for hydroxylation is 1. The first kappa shape index (κ1) is 16.4. The van der Waals surface area contributed by atoms with Gasteiger partial charge < -0.3 is 14.8 Å². The fourth-order valence-corrected chi connectivity index (χ4v) is 2.95. The van der Waals surface area contributed by atoms with Crippen LogP contribution in [0.1, 0.15) is 41.4 Å². The van der Waals surface area contributed by atoms with Gasteiger partial charge in [-0.1, -0.05) is 6.92 Å². The molecule has 0 radical (unpaired) electrons. The smallest absolute Gasteiger partial charge is 0.255 e. The number of carbonyl (C=O) groups is 1. The molecule has 128 valence electrons. The van der Waals surface area contributed by atoms with Crippen LogP contribution in [0.5, 0.6) is 11.5 Å². The van der Waals surface area contributed by atoms with Crippen molar-refractivity contribution in [3.8, 4) is 11.5 Å². The molecule has 2 aromatic rings. The topological polar surface area (TPSA) is 76.2 Å². The summed E-state index contributed by atoms with van der Waals surface area (Å²) in [4.78, 5) is 12.7. The van der Waals surface area contributed by atoms with Gasteiger partial charge in [0.05, 0.1) is 25.5 Å². The number of amides is 1. The number of hydrogen-bond donors (Lipinski definition) is 2. The molecule has 1 aromatic carbocycles. The van der Waals surface area contributed by atoms with Crippen molar-refractivity contribution in [1.82, 2.24) is 15.5 Å². The van der Waals surface area contributed by atoms with Crippen molar-refractivity contribution >= 4 is 5.91 Å². The minimum absolute atomic E-state index is 0.110. The van der Waals surface area contributed by atoms with Crippen molar-refractivity contribution < 1.29 is 14.3 Å². The molecule has 0 saturated heterocycles. The number of H-pyrrole nitrogens is 1. The summed E-state index contributed by atoms with van der Waals surface area (Å²) in [5, 5.41) is 10.2. The van der Waals surface area contributed by atoms with Gasteiger partial charge in [0.1, 0.15) is 11.5 Å². The maximum absolute atomic E-state index is 12.7. The second-order valence-corrected chi connectivity index (χ2v) is 6.00. The van der Waals surface area contributed by atoms with E-state index in [0.717, 1.165) is 25.7 Å². The zero-order valence-electron chi connectivity index (χ0n) is 14.1. The number of rotatable bonds is 6. The Morgan fingerprint density at radius 3 is 3.12 bits per heavy atom. The van der Waals surface area contributed by atoms with Gasteiger partial charge in [-0.15, -0.1) is 0 Å². The molecule has 1 aliphatic rings. The molecular weight excluding hydrogens is 306 g/mol. The van der Waals surface area contributed by atoms with Gasteiger partial charge in [0.2, 0.25) is 0 Å². The van der Waals surface area contributed by atoms with Crippen molar-refractivity contribution in [3.63, 3.8) is 0 Å². The lowest BCUT2D eigenvalue weighted by molar-refractivity contribution is 0.0929. The fraction of sp³-hybridized carbons (Fsp3) is 0.444. The first-order valence-electron chi connectivity index (χ1n) is 8.34. The van der Waals surface area contributed by atoms with Crippen molar-refractivity contribution in [3.05, 3.63) is 41.2 Å². The van der Waals surface area contributed by atoms with Crippen molar-refractivity contribution in [1.29, 1.82) is 0 Å². The van der Waals surface area contributed by atoms with Gasteiger partial charge >= 0.3 is 0 Å². The molecule has 0 spiro atoms. The molecule has 6 heteroatoms. The van der Waals surface area contributed by atoms with Gasteiger partial charge in [0.15, 0.2) is 0 Å². The largest absolute Gasteiger partial charge is 0.497 e. The Kier molecular flexibility index (Phi) is 5.03. The molecule has 1 heterocycles. The van der Waals surface area contributed by atoms with Crippen molar-refractivity contribution in [2.45, 2.75) is 38.6 Å². The van der Waals surface area contributed by atoms with Gasteiger partial charge in [-0.25, -0.2) is 0 Å². The molecule has 1 unspecified atom stereocenters. The normalized spacial score (nSPS) is 16.3. The van der Waals surface area contributed by atoms with Crippen LogP contribution in [0.4, 0.5) is 0 Å². The molecular formula is C18H23N3O3. The molecule has 0 bridgehead atoms. The van der Waals surface area contributed by atoms with Crippen LogP contribution in [-0.4, -0.2) is 35.9 Å². The number of benzene rings is 1. The Hall–Kier alpha value is -2.50. The second kappa shape index (κ2) is 7.38. The van der Waals surface area contributed by atoms with Gasteiger partial charge in [-0.2, -0.15) is 5.10 Å². The molecule has 1 atom stereocenters. The highest BCUT2D eigenvalue weighted by molar-refractivity contribution is 5.97. The monoisotopic (exact) mass is 329 g/mol. The zero-order valence-corrected chi connectivity index (χ0v) is 14.1. The Labute approximate surface area is 141 Å². The number of aromatic amines is 1. The van der Waals surface area contributed by atoms with Gasteiger partial charge in [0.25, 0.3) is 5.91 Å². The predicted octanol–water partition coefficient (Wildman–Crippen LogP) is 2.49. The third-order valence-corrected chi connectivity index (χ3v) is 4.25. The Balaban J connectivity index is 1.72. The molecule has 0 aliphatic heterocycles. The van der Waals surface area contributed by atoms with E-state index in [4.69, 9.17) is 9.47 Å². The maximum Gasteiger partial charge on any atom is 0.255 e. The molecule has 3 rings (SSSR count). The van der Waals surface area contributed by atoms with Crippen LogP contribution >= 0.6 is 0 Å². The standard InChI is InChI=1S/C18H23N3O3/c1-3-8-24-17-10-14(23-2)5-6-15(17)18(22)20-13-4-7-16-12(9-13)11-19-21-16/h5-6,10-11,13H,3-4,7-9H2,1-2H3,(H,19,21)(H,20,22).